The van der Waals surface area contributed by atoms with E-state index in [0.29, 0.717) is 16.0 Å². The fraction of sp³-hybridized carbons (Fsp3) is 0.562. The van der Waals surface area contributed by atoms with Crippen LogP contribution in [0.4, 0.5) is 0 Å². The van der Waals surface area contributed by atoms with Gasteiger partial charge >= 0.3 is 0 Å². The zero-order chi connectivity index (χ0) is 14.8. The number of hydrogen-bond acceptors (Lipinski definition) is 2. The first-order valence-electron chi connectivity index (χ1n) is 7.54. The molecule has 1 heterocycles. The standard InChI is InChI=1S/C16H19Cl2NOS/c17-13-8-4-7-12(14(13)18)16-19(9-10-21-16)15(20)11-5-2-1-3-6-11/h4,7-8,11,16H,1-3,5-6,9-10H2/t16-/m1/s1. The average Bonchev–Trinajstić information content (AvgIpc) is 2.99. The molecule has 21 heavy (non-hydrogen) atoms. The summed E-state index contributed by atoms with van der Waals surface area (Å²) in [6, 6.07) is 5.68. The highest BCUT2D eigenvalue weighted by molar-refractivity contribution is 7.99. The molecule has 1 aliphatic carbocycles. The van der Waals surface area contributed by atoms with E-state index in [-0.39, 0.29) is 11.3 Å². The van der Waals surface area contributed by atoms with Crippen molar-refractivity contribution in [2.45, 2.75) is 37.5 Å². The number of hydrogen-bond donors (Lipinski definition) is 0. The second kappa shape index (κ2) is 6.80. The van der Waals surface area contributed by atoms with Crippen LogP contribution in [0.15, 0.2) is 18.2 Å². The molecule has 1 aromatic carbocycles. The first-order chi connectivity index (χ1) is 10.2. The van der Waals surface area contributed by atoms with Gasteiger partial charge in [-0.3, -0.25) is 4.79 Å². The lowest BCUT2D eigenvalue weighted by Gasteiger charge is -2.30. The third-order valence-electron chi connectivity index (χ3n) is 4.38. The third-order valence-corrected chi connectivity index (χ3v) is 6.45. The van der Waals surface area contributed by atoms with Crippen molar-refractivity contribution >= 4 is 40.9 Å². The van der Waals surface area contributed by atoms with E-state index >= 15 is 0 Å². The maximum atomic E-state index is 12.8. The maximum absolute atomic E-state index is 12.8. The number of benzene rings is 1. The van der Waals surface area contributed by atoms with Crippen LogP contribution in [0.1, 0.15) is 43.0 Å². The fourth-order valence-electron chi connectivity index (χ4n) is 3.25. The second-order valence-electron chi connectivity index (χ2n) is 5.73. The van der Waals surface area contributed by atoms with E-state index < -0.39 is 0 Å². The van der Waals surface area contributed by atoms with E-state index in [9.17, 15) is 4.79 Å². The van der Waals surface area contributed by atoms with Crippen molar-refractivity contribution in [2.75, 3.05) is 12.3 Å². The zero-order valence-electron chi connectivity index (χ0n) is 11.9. The van der Waals surface area contributed by atoms with Crippen LogP contribution in [-0.4, -0.2) is 23.1 Å². The molecule has 1 amide bonds. The molecule has 1 saturated carbocycles. The Morgan fingerprint density at radius 3 is 2.71 bits per heavy atom. The van der Waals surface area contributed by atoms with Gasteiger partial charge in [0.2, 0.25) is 5.91 Å². The Kier molecular flexibility index (Phi) is 5.03. The van der Waals surface area contributed by atoms with Gasteiger partial charge in [-0.15, -0.1) is 11.8 Å². The number of carbonyl (C=O) groups excluding carboxylic acids is 1. The summed E-state index contributed by atoms with van der Waals surface area (Å²) < 4.78 is 0. The molecule has 0 bridgehead atoms. The maximum Gasteiger partial charge on any atom is 0.226 e. The molecular weight excluding hydrogens is 325 g/mol. The van der Waals surface area contributed by atoms with Gasteiger partial charge in [-0.25, -0.2) is 0 Å². The molecule has 2 nitrogen and oxygen atoms in total. The Bertz CT molecular complexity index is 531. The lowest BCUT2D eigenvalue weighted by molar-refractivity contribution is -0.136. The number of nitrogens with zero attached hydrogens (tertiary/aromatic N) is 1. The fourth-order valence-corrected chi connectivity index (χ4v) is 5.02. The molecule has 0 unspecified atom stereocenters. The highest BCUT2D eigenvalue weighted by Gasteiger charge is 2.35. The van der Waals surface area contributed by atoms with E-state index in [0.717, 1.165) is 30.7 Å². The van der Waals surface area contributed by atoms with Gasteiger partial charge in [-0.05, 0) is 18.9 Å². The Balaban J connectivity index is 1.81. The number of amides is 1. The summed E-state index contributed by atoms with van der Waals surface area (Å²) >= 11 is 14.3. The molecule has 3 rings (SSSR count). The van der Waals surface area contributed by atoms with E-state index in [4.69, 9.17) is 23.2 Å². The van der Waals surface area contributed by atoms with E-state index in [2.05, 4.69) is 0 Å². The summed E-state index contributed by atoms with van der Waals surface area (Å²) in [6.07, 6.45) is 5.70. The Morgan fingerprint density at radius 1 is 1.19 bits per heavy atom. The lowest BCUT2D eigenvalue weighted by Crippen LogP contribution is -2.36. The van der Waals surface area contributed by atoms with E-state index in [1.54, 1.807) is 17.8 Å². The molecule has 1 saturated heterocycles. The van der Waals surface area contributed by atoms with Crippen molar-refractivity contribution in [3.8, 4) is 0 Å². The molecule has 1 aliphatic heterocycles. The first kappa shape index (κ1) is 15.5. The highest BCUT2D eigenvalue weighted by Crippen LogP contribution is 2.44. The average molecular weight is 344 g/mol. The minimum absolute atomic E-state index is 0.0191. The summed E-state index contributed by atoms with van der Waals surface area (Å²) in [7, 11) is 0. The van der Waals surface area contributed by atoms with Gasteiger partial charge in [0.25, 0.3) is 0 Å². The largest absolute Gasteiger partial charge is 0.325 e. The SMILES string of the molecule is O=C(C1CCCCC1)N1CCS[C@@H]1c1cccc(Cl)c1Cl. The van der Waals surface area contributed by atoms with Gasteiger partial charge < -0.3 is 4.90 Å². The molecule has 1 atom stereocenters. The van der Waals surface area contributed by atoms with E-state index in [1.807, 2.05) is 17.0 Å². The number of rotatable bonds is 2. The van der Waals surface area contributed by atoms with Gasteiger partial charge in [0.1, 0.15) is 5.37 Å². The molecule has 2 fully saturated rings. The van der Waals surface area contributed by atoms with Gasteiger partial charge in [-0.2, -0.15) is 0 Å². The second-order valence-corrected chi connectivity index (χ2v) is 7.71. The van der Waals surface area contributed by atoms with Crippen LogP contribution in [0.2, 0.25) is 10.0 Å². The summed E-state index contributed by atoms with van der Waals surface area (Å²) in [5, 5.41) is 1.16. The quantitative estimate of drug-likeness (QED) is 0.740. The van der Waals surface area contributed by atoms with Crippen molar-refractivity contribution in [1.29, 1.82) is 0 Å². The van der Waals surface area contributed by atoms with Crippen molar-refractivity contribution in [1.82, 2.24) is 4.90 Å². The number of halogens is 2. The van der Waals surface area contributed by atoms with Crippen molar-refractivity contribution < 1.29 is 4.79 Å². The van der Waals surface area contributed by atoms with Gasteiger partial charge in [0, 0.05) is 23.8 Å². The molecule has 5 heteroatoms. The molecule has 0 spiro atoms. The van der Waals surface area contributed by atoms with Gasteiger partial charge in [0.15, 0.2) is 0 Å². The molecule has 0 aromatic heterocycles. The molecule has 2 aliphatic rings. The normalized spacial score (nSPS) is 23.5. The Labute approximate surface area is 140 Å². The van der Waals surface area contributed by atoms with Crippen LogP contribution in [0.5, 0.6) is 0 Å². The summed E-state index contributed by atoms with van der Waals surface area (Å²) in [5.74, 6) is 1.48. The lowest BCUT2D eigenvalue weighted by atomic mass is 9.88. The predicted molar refractivity (Wildman–Crippen MR) is 89.9 cm³/mol. The van der Waals surface area contributed by atoms with Crippen LogP contribution in [0.25, 0.3) is 0 Å². The Morgan fingerprint density at radius 2 is 1.95 bits per heavy atom. The van der Waals surface area contributed by atoms with Crippen LogP contribution in [-0.2, 0) is 4.79 Å². The minimum atomic E-state index is 0.0191. The molecular formula is C16H19Cl2NOS. The van der Waals surface area contributed by atoms with Gasteiger partial charge in [-0.1, -0.05) is 54.6 Å². The van der Waals surface area contributed by atoms with E-state index in [1.165, 1.54) is 19.3 Å². The summed E-state index contributed by atoms with van der Waals surface area (Å²) in [4.78, 5) is 14.8. The van der Waals surface area contributed by atoms with Crippen molar-refractivity contribution in [3.63, 3.8) is 0 Å². The van der Waals surface area contributed by atoms with Crippen molar-refractivity contribution in [2.24, 2.45) is 5.92 Å². The highest BCUT2D eigenvalue weighted by atomic mass is 35.5. The first-order valence-corrected chi connectivity index (χ1v) is 9.35. The number of carbonyl (C=O) groups is 1. The molecule has 1 aromatic rings. The molecule has 0 N–H and O–H groups in total. The topological polar surface area (TPSA) is 20.3 Å². The predicted octanol–water partition coefficient (Wildman–Crippen LogP) is 5.15. The smallest absolute Gasteiger partial charge is 0.226 e. The van der Waals surface area contributed by atoms with Crippen LogP contribution in [0, 0.1) is 5.92 Å². The zero-order valence-corrected chi connectivity index (χ0v) is 14.2. The van der Waals surface area contributed by atoms with Gasteiger partial charge in [0.05, 0.1) is 10.0 Å². The molecule has 0 radical (unpaired) electrons. The Hall–Kier alpha value is -0.380. The minimum Gasteiger partial charge on any atom is -0.325 e. The van der Waals surface area contributed by atoms with Crippen LogP contribution in [0.3, 0.4) is 0 Å². The van der Waals surface area contributed by atoms with Crippen molar-refractivity contribution in [3.05, 3.63) is 33.8 Å². The van der Waals surface area contributed by atoms with Crippen LogP contribution >= 0.6 is 35.0 Å². The summed E-state index contributed by atoms with van der Waals surface area (Å²) in [6.45, 7) is 0.813. The monoisotopic (exact) mass is 343 g/mol. The van der Waals surface area contributed by atoms with Crippen LogP contribution < -0.4 is 0 Å². The third kappa shape index (κ3) is 3.20. The number of thioether (sulfide) groups is 1. The summed E-state index contributed by atoms with van der Waals surface area (Å²) in [5.41, 5.74) is 0.968. The molecule has 114 valence electrons.